The van der Waals surface area contributed by atoms with Crippen molar-refractivity contribution in [3.05, 3.63) is 35.5 Å². The van der Waals surface area contributed by atoms with Crippen LogP contribution in [0.4, 0.5) is 0 Å². The van der Waals surface area contributed by atoms with Gasteiger partial charge in [-0.15, -0.1) is 24.0 Å². The van der Waals surface area contributed by atoms with E-state index in [1.54, 1.807) is 0 Å². The van der Waals surface area contributed by atoms with Gasteiger partial charge in [0.1, 0.15) is 0 Å². The molecule has 1 saturated heterocycles. The van der Waals surface area contributed by atoms with E-state index in [1.807, 2.05) is 7.05 Å². The van der Waals surface area contributed by atoms with E-state index in [4.69, 9.17) is 4.74 Å². The lowest BCUT2D eigenvalue weighted by atomic mass is 9.57. The van der Waals surface area contributed by atoms with Gasteiger partial charge in [-0.2, -0.15) is 0 Å². The highest BCUT2D eigenvalue weighted by atomic mass is 127. The number of benzene rings is 1. The molecule has 0 bridgehead atoms. The van der Waals surface area contributed by atoms with Gasteiger partial charge in [0.05, 0.1) is 6.10 Å². The molecule has 1 aromatic carbocycles. The van der Waals surface area contributed by atoms with Gasteiger partial charge in [0.2, 0.25) is 0 Å². The molecule has 148 valence electrons. The Morgan fingerprint density at radius 3 is 2.96 bits per heavy atom. The van der Waals surface area contributed by atoms with E-state index in [9.17, 15) is 0 Å². The average Bonchev–Trinajstić information content (AvgIpc) is 3.24. The molecule has 6 heteroatoms. The Labute approximate surface area is 178 Å². The Hall–Kier alpha value is -1.28. The van der Waals surface area contributed by atoms with Crippen LogP contribution in [0.3, 0.4) is 0 Å². The number of aromatic nitrogens is 1. The largest absolute Gasteiger partial charge is 0.377 e. The number of guanidine groups is 1. The van der Waals surface area contributed by atoms with Crippen molar-refractivity contribution in [1.82, 2.24) is 15.6 Å². The smallest absolute Gasteiger partial charge is 0.191 e. The van der Waals surface area contributed by atoms with Crippen molar-refractivity contribution in [2.75, 3.05) is 20.2 Å². The molecular formula is C21H31IN4O. The summed E-state index contributed by atoms with van der Waals surface area (Å²) in [6.45, 7) is 8.48. The first-order chi connectivity index (χ1) is 12.5. The first-order valence-corrected chi connectivity index (χ1v) is 9.66. The third-order valence-electron chi connectivity index (χ3n) is 6.31. The molecule has 5 nitrogen and oxygen atoms in total. The molecule has 1 saturated carbocycles. The highest BCUT2D eigenvalue weighted by Gasteiger charge is 2.59. The maximum absolute atomic E-state index is 5.89. The zero-order valence-corrected chi connectivity index (χ0v) is 19.0. The number of aliphatic imine (C=N–C) groups is 1. The van der Waals surface area contributed by atoms with Gasteiger partial charge < -0.3 is 20.4 Å². The second kappa shape index (κ2) is 7.99. The molecule has 2 aliphatic rings. The number of H-pyrrole nitrogens is 1. The van der Waals surface area contributed by atoms with E-state index in [2.05, 4.69) is 65.8 Å². The summed E-state index contributed by atoms with van der Waals surface area (Å²) in [6.07, 6.45) is 4.64. The van der Waals surface area contributed by atoms with Crippen LogP contribution in [0.15, 0.2) is 29.4 Å². The van der Waals surface area contributed by atoms with Gasteiger partial charge >= 0.3 is 0 Å². The van der Waals surface area contributed by atoms with Crippen LogP contribution in [0.25, 0.3) is 10.9 Å². The topological polar surface area (TPSA) is 61.4 Å². The van der Waals surface area contributed by atoms with Gasteiger partial charge in [-0.25, -0.2) is 0 Å². The van der Waals surface area contributed by atoms with Crippen LogP contribution in [-0.2, 0) is 11.2 Å². The zero-order valence-electron chi connectivity index (χ0n) is 16.6. The van der Waals surface area contributed by atoms with Crippen LogP contribution in [0.2, 0.25) is 0 Å². The quantitative estimate of drug-likeness (QED) is 0.355. The van der Waals surface area contributed by atoms with E-state index >= 15 is 0 Å². The lowest BCUT2D eigenvalue weighted by Crippen LogP contribution is -2.68. The molecule has 2 aromatic rings. The van der Waals surface area contributed by atoms with Crippen LogP contribution in [-0.4, -0.2) is 43.3 Å². The maximum atomic E-state index is 5.89. The highest BCUT2D eigenvalue weighted by molar-refractivity contribution is 14.0. The van der Waals surface area contributed by atoms with E-state index < -0.39 is 0 Å². The highest BCUT2D eigenvalue weighted by Crippen LogP contribution is 2.52. The fourth-order valence-electron chi connectivity index (χ4n) is 4.85. The molecule has 1 aromatic heterocycles. The predicted molar refractivity (Wildman–Crippen MR) is 122 cm³/mol. The first-order valence-electron chi connectivity index (χ1n) is 9.66. The van der Waals surface area contributed by atoms with E-state index in [-0.39, 0.29) is 29.4 Å². The second-order valence-electron chi connectivity index (χ2n) is 8.25. The van der Waals surface area contributed by atoms with Gasteiger partial charge in [-0.05, 0) is 30.9 Å². The first kappa shape index (κ1) is 20.5. The van der Waals surface area contributed by atoms with Gasteiger partial charge in [0, 0.05) is 54.7 Å². The Morgan fingerprint density at radius 2 is 2.19 bits per heavy atom. The summed E-state index contributed by atoms with van der Waals surface area (Å²) in [6, 6.07) is 6.89. The fourth-order valence-corrected chi connectivity index (χ4v) is 4.85. The number of hydrogen-bond donors (Lipinski definition) is 3. The minimum atomic E-state index is 0. The standard InChI is InChI=1S/C21H30N4O.HI/c1-13-6-5-7-15-14(12-24-17(13)15)8-10-23-20(22-4)25-18-16-9-11-26-19(16)21(18,2)3;/h5-7,12,16,18-19,24H,8-11H2,1-4H3,(H2,22,23,25);1H. The maximum Gasteiger partial charge on any atom is 0.191 e. The van der Waals surface area contributed by atoms with Gasteiger partial charge in [-0.1, -0.05) is 32.0 Å². The molecule has 0 spiro atoms. The van der Waals surface area contributed by atoms with Crippen LogP contribution >= 0.6 is 24.0 Å². The lowest BCUT2D eigenvalue weighted by Gasteiger charge is -2.54. The van der Waals surface area contributed by atoms with Crippen molar-refractivity contribution in [3.8, 4) is 0 Å². The number of para-hydroxylation sites is 1. The van der Waals surface area contributed by atoms with E-state index in [0.717, 1.165) is 32.0 Å². The Kier molecular flexibility index (Phi) is 6.05. The molecule has 2 heterocycles. The molecule has 27 heavy (non-hydrogen) atoms. The Balaban J connectivity index is 0.00000210. The van der Waals surface area contributed by atoms with Crippen molar-refractivity contribution in [2.45, 2.75) is 45.8 Å². The molecule has 0 radical (unpaired) electrons. The predicted octanol–water partition coefficient (Wildman–Crippen LogP) is 3.62. The minimum absolute atomic E-state index is 0. The normalized spacial score (nSPS) is 26.2. The van der Waals surface area contributed by atoms with Gasteiger partial charge in [0.15, 0.2) is 5.96 Å². The molecular weight excluding hydrogens is 451 g/mol. The third-order valence-corrected chi connectivity index (χ3v) is 6.31. The number of aromatic amines is 1. The molecule has 2 fully saturated rings. The molecule has 3 N–H and O–H groups in total. The molecule has 0 amide bonds. The summed E-state index contributed by atoms with van der Waals surface area (Å²) < 4.78 is 5.89. The number of rotatable bonds is 4. The van der Waals surface area contributed by atoms with Gasteiger partial charge in [-0.3, -0.25) is 4.99 Å². The summed E-state index contributed by atoms with van der Waals surface area (Å²) in [5, 5.41) is 8.45. The minimum Gasteiger partial charge on any atom is -0.377 e. The summed E-state index contributed by atoms with van der Waals surface area (Å²) in [7, 11) is 1.85. The zero-order chi connectivity index (χ0) is 18.3. The number of nitrogens with zero attached hydrogens (tertiary/aromatic N) is 1. The third kappa shape index (κ3) is 3.58. The van der Waals surface area contributed by atoms with Crippen molar-refractivity contribution in [1.29, 1.82) is 0 Å². The molecule has 4 rings (SSSR count). The summed E-state index contributed by atoms with van der Waals surface area (Å²) in [5.41, 5.74) is 4.04. The average molecular weight is 482 g/mol. The van der Waals surface area contributed by atoms with Crippen molar-refractivity contribution >= 4 is 40.8 Å². The molecule has 1 aliphatic heterocycles. The number of hydrogen-bond acceptors (Lipinski definition) is 2. The van der Waals surface area contributed by atoms with Gasteiger partial charge in [0.25, 0.3) is 0 Å². The van der Waals surface area contributed by atoms with Crippen LogP contribution in [0.5, 0.6) is 0 Å². The van der Waals surface area contributed by atoms with Crippen LogP contribution < -0.4 is 10.6 Å². The lowest BCUT2D eigenvalue weighted by molar-refractivity contribution is -0.106. The van der Waals surface area contributed by atoms with E-state index in [1.165, 1.54) is 22.0 Å². The monoisotopic (exact) mass is 482 g/mol. The summed E-state index contributed by atoms with van der Waals surface area (Å²) in [4.78, 5) is 7.84. The van der Waals surface area contributed by atoms with Crippen LogP contribution in [0, 0.1) is 18.3 Å². The van der Waals surface area contributed by atoms with Crippen molar-refractivity contribution in [2.24, 2.45) is 16.3 Å². The second-order valence-corrected chi connectivity index (χ2v) is 8.25. The Bertz CT molecular complexity index is 829. The van der Waals surface area contributed by atoms with E-state index in [0.29, 0.717) is 18.1 Å². The summed E-state index contributed by atoms with van der Waals surface area (Å²) >= 11 is 0. The molecule has 3 unspecified atom stereocenters. The van der Waals surface area contributed by atoms with Crippen molar-refractivity contribution in [3.63, 3.8) is 0 Å². The number of ether oxygens (including phenoxy) is 1. The van der Waals surface area contributed by atoms with Crippen molar-refractivity contribution < 1.29 is 4.74 Å². The number of aryl methyl sites for hydroxylation is 1. The Morgan fingerprint density at radius 1 is 1.37 bits per heavy atom. The van der Waals surface area contributed by atoms with Crippen LogP contribution in [0.1, 0.15) is 31.4 Å². The summed E-state index contributed by atoms with van der Waals surface area (Å²) in [5.74, 6) is 1.50. The SMILES string of the molecule is CN=C(NCCc1c[nH]c2c(C)cccc12)NC1C2CCOC2C1(C)C.I. The molecule has 1 aliphatic carbocycles. The fraction of sp³-hybridized carbons (Fsp3) is 0.571. The molecule has 3 atom stereocenters. The number of halogens is 1. The number of fused-ring (bicyclic) bond motifs is 2. The number of nitrogens with one attached hydrogen (secondary N) is 3.